The fourth-order valence-corrected chi connectivity index (χ4v) is 4.56. The summed E-state index contributed by atoms with van der Waals surface area (Å²) >= 11 is 0. The summed E-state index contributed by atoms with van der Waals surface area (Å²) in [6.45, 7) is -0.594. The maximum atomic E-state index is 13.5. The monoisotopic (exact) mass is 478 g/mol. The molecular weight excluding hydrogens is 459 g/mol. The molecule has 1 heterocycles. The number of amides is 1. The molecule has 0 bridgehead atoms. The third kappa shape index (κ3) is 6.02. The Morgan fingerprint density at radius 1 is 1.00 bits per heavy atom. The largest absolute Gasteiger partial charge is 0.325 e. The van der Waals surface area contributed by atoms with Crippen LogP contribution in [0.1, 0.15) is 0 Å². The number of sulfonamides is 2. The Kier molecular flexibility index (Phi) is 6.75. The number of hydrogen-bond acceptors (Lipinski definition) is 6. The Morgan fingerprint density at radius 3 is 2.31 bits per heavy atom. The summed E-state index contributed by atoms with van der Waals surface area (Å²) in [5, 5.41) is 2.49. The molecule has 1 aromatic heterocycles. The van der Waals surface area contributed by atoms with Crippen LogP contribution in [0.2, 0.25) is 0 Å². The highest BCUT2D eigenvalue weighted by Gasteiger charge is 2.21. The van der Waals surface area contributed by atoms with Gasteiger partial charge in [-0.1, -0.05) is 12.1 Å². The van der Waals surface area contributed by atoms with E-state index in [9.17, 15) is 26.0 Å². The van der Waals surface area contributed by atoms with Crippen molar-refractivity contribution < 1.29 is 26.0 Å². The van der Waals surface area contributed by atoms with Crippen LogP contribution in [0, 0.1) is 5.82 Å². The average molecular weight is 479 g/mol. The zero-order valence-electron chi connectivity index (χ0n) is 16.8. The lowest BCUT2D eigenvalue weighted by atomic mass is 10.3. The molecule has 0 saturated carbocycles. The standard InChI is InChI=1S/C20H19FN4O5S2/c1-31(27,28)25(17-6-4-5-15(21)13-17)14-20(26)23-16-8-10-18(11-9-16)32(29,30)24-19-7-2-3-12-22-19/h2-13H,14H2,1H3,(H,22,24)(H,23,26). The molecule has 2 aromatic carbocycles. The molecule has 0 aliphatic carbocycles. The Hall–Kier alpha value is -3.51. The lowest BCUT2D eigenvalue weighted by Gasteiger charge is -2.22. The number of pyridine rings is 1. The molecule has 3 rings (SSSR count). The first-order valence-corrected chi connectivity index (χ1v) is 12.4. The van der Waals surface area contributed by atoms with Gasteiger partial charge in [0, 0.05) is 11.9 Å². The summed E-state index contributed by atoms with van der Waals surface area (Å²) in [5.41, 5.74) is 0.254. The van der Waals surface area contributed by atoms with Gasteiger partial charge in [-0.3, -0.25) is 13.8 Å². The third-order valence-corrected chi connectivity index (χ3v) is 6.65. The number of rotatable bonds is 8. The van der Waals surface area contributed by atoms with Crippen molar-refractivity contribution in [3.8, 4) is 0 Å². The quantitative estimate of drug-likeness (QED) is 0.512. The van der Waals surface area contributed by atoms with Gasteiger partial charge in [0.15, 0.2) is 0 Å². The molecule has 0 fully saturated rings. The molecule has 1 amide bonds. The summed E-state index contributed by atoms with van der Waals surface area (Å²) in [6.07, 6.45) is 2.35. The molecule has 9 nitrogen and oxygen atoms in total. The summed E-state index contributed by atoms with van der Waals surface area (Å²) in [6, 6.07) is 14.9. The molecule has 3 aromatic rings. The van der Waals surface area contributed by atoms with E-state index < -0.39 is 38.3 Å². The summed E-state index contributed by atoms with van der Waals surface area (Å²) in [4.78, 5) is 16.2. The van der Waals surface area contributed by atoms with E-state index in [1.807, 2.05) is 0 Å². The minimum absolute atomic E-state index is 0.00434. The Labute approximate surface area is 185 Å². The third-order valence-electron chi connectivity index (χ3n) is 4.14. The Morgan fingerprint density at radius 2 is 1.72 bits per heavy atom. The molecule has 168 valence electrons. The number of hydrogen-bond donors (Lipinski definition) is 2. The van der Waals surface area contributed by atoms with E-state index in [0.717, 1.165) is 22.7 Å². The second kappa shape index (κ2) is 9.32. The zero-order chi connectivity index (χ0) is 23.4. The molecule has 12 heteroatoms. The van der Waals surface area contributed by atoms with Gasteiger partial charge in [-0.05, 0) is 54.6 Å². The van der Waals surface area contributed by atoms with Gasteiger partial charge in [-0.2, -0.15) is 0 Å². The van der Waals surface area contributed by atoms with Crippen LogP contribution >= 0.6 is 0 Å². The number of halogens is 1. The second-order valence-corrected chi connectivity index (χ2v) is 10.2. The van der Waals surface area contributed by atoms with Gasteiger partial charge in [0.25, 0.3) is 10.0 Å². The van der Waals surface area contributed by atoms with Crippen molar-refractivity contribution >= 4 is 43.1 Å². The predicted molar refractivity (Wildman–Crippen MR) is 119 cm³/mol. The first kappa shape index (κ1) is 23.2. The van der Waals surface area contributed by atoms with Crippen LogP contribution in [0.3, 0.4) is 0 Å². The van der Waals surface area contributed by atoms with Gasteiger partial charge in [0.1, 0.15) is 18.2 Å². The zero-order valence-corrected chi connectivity index (χ0v) is 18.4. The van der Waals surface area contributed by atoms with Crippen molar-refractivity contribution in [2.45, 2.75) is 4.90 Å². The van der Waals surface area contributed by atoms with E-state index in [1.54, 1.807) is 12.1 Å². The van der Waals surface area contributed by atoms with E-state index in [1.165, 1.54) is 48.7 Å². The number of anilines is 3. The van der Waals surface area contributed by atoms with Crippen molar-refractivity contribution in [2.75, 3.05) is 27.1 Å². The molecule has 32 heavy (non-hydrogen) atoms. The van der Waals surface area contributed by atoms with Crippen LogP contribution in [0.25, 0.3) is 0 Å². The summed E-state index contributed by atoms with van der Waals surface area (Å²) in [5.74, 6) is -1.18. The van der Waals surface area contributed by atoms with Crippen molar-refractivity contribution in [1.29, 1.82) is 0 Å². The first-order valence-electron chi connectivity index (χ1n) is 9.12. The Balaban J connectivity index is 1.71. The van der Waals surface area contributed by atoms with E-state index in [2.05, 4.69) is 15.0 Å². The number of aromatic nitrogens is 1. The van der Waals surface area contributed by atoms with Gasteiger partial charge in [-0.15, -0.1) is 0 Å². The number of nitrogens with zero attached hydrogens (tertiary/aromatic N) is 2. The fraction of sp³-hybridized carbons (Fsp3) is 0.100. The maximum absolute atomic E-state index is 13.5. The van der Waals surface area contributed by atoms with Gasteiger partial charge >= 0.3 is 0 Å². The van der Waals surface area contributed by atoms with Gasteiger partial charge < -0.3 is 5.32 Å². The van der Waals surface area contributed by atoms with Crippen LogP contribution in [0.5, 0.6) is 0 Å². The predicted octanol–water partition coefficient (Wildman–Crippen LogP) is 2.43. The first-order chi connectivity index (χ1) is 15.0. The Bertz CT molecular complexity index is 1320. The van der Waals surface area contributed by atoms with Crippen molar-refractivity contribution in [2.24, 2.45) is 0 Å². The average Bonchev–Trinajstić information content (AvgIpc) is 2.72. The van der Waals surface area contributed by atoms with Crippen molar-refractivity contribution in [1.82, 2.24) is 4.98 Å². The van der Waals surface area contributed by atoms with Gasteiger partial charge in [-0.25, -0.2) is 26.2 Å². The highest BCUT2D eigenvalue weighted by molar-refractivity contribution is 7.92. The number of carbonyl (C=O) groups excluding carboxylic acids is 1. The van der Waals surface area contributed by atoms with Gasteiger partial charge in [0.05, 0.1) is 16.8 Å². The van der Waals surface area contributed by atoms with E-state index in [0.29, 0.717) is 0 Å². The summed E-state index contributed by atoms with van der Waals surface area (Å²) in [7, 11) is -7.75. The van der Waals surface area contributed by atoms with Crippen LogP contribution in [-0.4, -0.2) is 40.5 Å². The lowest BCUT2D eigenvalue weighted by Crippen LogP contribution is -2.37. The fourth-order valence-electron chi connectivity index (χ4n) is 2.70. The number of carbonyl (C=O) groups is 1. The van der Waals surface area contributed by atoms with Gasteiger partial charge in [0.2, 0.25) is 15.9 Å². The number of nitrogens with one attached hydrogen (secondary N) is 2. The molecule has 0 spiro atoms. The van der Waals surface area contributed by atoms with E-state index >= 15 is 0 Å². The smallest absolute Gasteiger partial charge is 0.263 e. The molecule has 2 N–H and O–H groups in total. The molecule has 0 saturated heterocycles. The van der Waals surface area contributed by atoms with Crippen LogP contribution in [-0.2, 0) is 24.8 Å². The molecule has 0 unspecified atom stereocenters. The summed E-state index contributed by atoms with van der Waals surface area (Å²) < 4.78 is 65.6. The molecule has 0 radical (unpaired) electrons. The second-order valence-electron chi connectivity index (χ2n) is 6.64. The van der Waals surface area contributed by atoms with Crippen LogP contribution in [0.4, 0.5) is 21.6 Å². The highest BCUT2D eigenvalue weighted by atomic mass is 32.2. The van der Waals surface area contributed by atoms with E-state index in [4.69, 9.17) is 0 Å². The van der Waals surface area contributed by atoms with Crippen LogP contribution in [0.15, 0.2) is 77.8 Å². The molecule has 0 atom stereocenters. The molecule has 0 aliphatic heterocycles. The van der Waals surface area contributed by atoms with Crippen LogP contribution < -0.4 is 14.3 Å². The maximum Gasteiger partial charge on any atom is 0.263 e. The van der Waals surface area contributed by atoms with Crippen molar-refractivity contribution in [3.05, 3.63) is 78.7 Å². The van der Waals surface area contributed by atoms with E-state index in [-0.39, 0.29) is 22.1 Å². The normalized spacial score (nSPS) is 11.6. The molecule has 0 aliphatic rings. The highest BCUT2D eigenvalue weighted by Crippen LogP contribution is 2.20. The minimum Gasteiger partial charge on any atom is -0.325 e. The molecular formula is C20H19FN4O5S2. The topological polar surface area (TPSA) is 126 Å². The number of benzene rings is 2. The SMILES string of the molecule is CS(=O)(=O)N(CC(=O)Nc1ccc(S(=O)(=O)Nc2ccccn2)cc1)c1cccc(F)c1. The van der Waals surface area contributed by atoms with Crippen molar-refractivity contribution in [3.63, 3.8) is 0 Å². The minimum atomic E-state index is -3.89. The lowest BCUT2D eigenvalue weighted by molar-refractivity contribution is -0.114.